The Kier molecular flexibility index (Phi) is 7.24. The number of aliphatic hydroxyl groups is 2. The molecule has 2 aromatic rings. The van der Waals surface area contributed by atoms with E-state index >= 15 is 0 Å². The van der Waals surface area contributed by atoms with Crippen LogP contribution in [-0.2, 0) is 0 Å². The molecule has 26 heavy (non-hydrogen) atoms. The Hall–Kier alpha value is -1.84. The third kappa shape index (κ3) is 5.33. The maximum Gasteiger partial charge on any atom is 0.121 e. The monoisotopic (exact) mass is 372 g/mol. The van der Waals surface area contributed by atoms with Gasteiger partial charge in [0, 0.05) is 17.7 Å². The minimum atomic E-state index is -0.642. The van der Waals surface area contributed by atoms with Crippen LogP contribution in [0, 0.1) is 19.8 Å². The molecule has 2 atom stereocenters. The van der Waals surface area contributed by atoms with Crippen molar-refractivity contribution in [3.05, 3.63) is 68.6 Å². The molecule has 3 nitrogen and oxygen atoms in total. The molecule has 0 spiro atoms. The van der Waals surface area contributed by atoms with Crippen LogP contribution in [0.25, 0.3) is 0 Å². The summed E-state index contributed by atoms with van der Waals surface area (Å²) in [7, 11) is 0. The highest BCUT2D eigenvalue weighted by Crippen LogP contribution is 2.29. The predicted octanol–water partition coefficient (Wildman–Crippen LogP) is 5.36. The molecule has 1 aromatic heterocycles. The molecule has 0 amide bonds. The number of aliphatic hydroxyl groups excluding tert-OH is 2. The van der Waals surface area contributed by atoms with Crippen molar-refractivity contribution >= 4 is 11.3 Å². The largest absolute Gasteiger partial charge is 0.507 e. The molecule has 0 fully saturated rings. The van der Waals surface area contributed by atoms with Crippen molar-refractivity contribution < 1.29 is 15.3 Å². The molecule has 0 radical (unpaired) electrons. The number of phenols is 1. The Morgan fingerprint density at radius 2 is 1.81 bits per heavy atom. The van der Waals surface area contributed by atoms with Crippen molar-refractivity contribution in [1.82, 2.24) is 0 Å². The van der Waals surface area contributed by atoms with E-state index in [2.05, 4.69) is 19.6 Å². The molecule has 0 saturated carbocycles. The first-order chi connectivity index (χ1) is 12.3. The summed E-state index contributed by atoms with van der Waals surface area (Å²) < 4.78 is 0. The van der Waals surface area contributed by atoms with E-state index in [1.807, 2.05) is 49.6 Å². The van der Waals surface area contributed by atoms with Gasteiger partial charge in [-0.2, -0.15) is 0 Å². The Labute approximate surface area is 160 Å². The molecule has 4 heteroatoms. The van der Waals surface area contributed by atoms with E-state index < -0.39 is 12.2 Å². The minimum absolute atomic E-state index is 0.274. The SMILES string of the molecule is Cc1cc([C@H](O)CC=C=C(C[C@@H](O)c2cccs2)C(C)C)cc(C)c1O. The average molecular weight is 373 g/mol. The smallest absolute Gasteiger partial charge is 0.121 e. The molecule has 140 valence electrons. The number of hydrogen-bond acceptors (Lipinski definition) is 4. The van der Waals surface area contributed by atoms with Crippen LogP contribution in [0.4, 0.5) is 0 Å². The molecule has 1 aromatic carbocycles. The Morgan fingerprint density at radius 1 is 1.15 bits per heavy atom. The van der Waals surface area contributed by atoms with E-state index in [9.17, 15) is 15.3 Å². The van der Waals surface area contributed by atoms with Gasteiger partial charge in [0.2, 0.25) is 0 Å². The van der Waals surface area contributed by atoms with Crippen LogP contribution < -0.4 is 0 Å². The summed E-state index contributed by atoms with van der Waals surface area (Å²) in [5, 5.41) is 32.6. The van der Waals surface area contributed by atoms with Gasteiger partial charge in [0.25, 0.3) is 0 Å². The number of phenolic OH excluding ortho intramolecular Hbond substituents is 1. The van der Waals surface area contributed by atoms with E-state index in [1.165, 1.54) is 0 Å². The number of thiophene rings is 1. The van der Waals surface area contributed by atoms with Crippen molar-refractivity contribution in [2.45, 2.75) is 52.7 Å². The van der Waals surface area contributed by atoms with E-state index in [-0.39, 0.29) is 11.7 Å². The van der Waals surface area contributed by atoms with Gasteiger partial charge in [-0.1, -0.05) is 19.9 Å². The van der Waals surface area contributed by atoms with Crippen molar-refractivity contribution in [2.24, 2.45) is 5.92 Å². The lowest BCUT2D eigenvalue weighted by molar-refractivity contribution is 0.179. The van der Waals surface area contributed by atoms with Crippen LogP contribution in [0.1, 0.15) is 60.5 Å². The second-order valence-corrected chi connectivity index (χ2v) is 8.00. The number of rotatable bonds is 7. The molecule has 0 aliphatic rings. The lowest BCUT2D eigenvalue weighted by Crippen LogP contribution is -2.01. The second-order valence-electron chi connectivity index (χ2n) is 7.02. The van der Waals surface area contributed by atoms with Crippen LogP contribution in [0.5, 0.6) is 5.75 Å². The highest BCUT2D eigenvalue weighted by atomic mass is 32.1. The van der Waals surface area contributed by atoms with Gasteiger partial charge in [0.1, 0.15) is 5.75 Å². The fraction of sp³-hybridized carbons (Fsp3) is 0.409. The Balaban J connectivity index is 2.10. The van der Waals surface area contributed by atoms with Crippen LogP contribution in [-0.4, -0.2) is 15.3 Å². The molecular formula is C22H28O3S. The van der Waals surface area contributed by atoms with E-state index in [0.29, 0.717) is 12.8 Å². The molecule has 2 rings (SSSR count). The van der Waals surface area contributed by atoms with Gasteiger partial charge >= 0.3 is 0 Å². The molecule has 3 N–H and O–H groups in total. The van der Waals surface area contributed by atoms with E-state index in [0.717, 1.165) is 27.1 Å². The second kappa shape index (κ2) is 9.20. The molecule has 1 heterocycles. The standard InChI is InChI=1S/C22H28O3S/c1-14(2)17(13-20(24)21-9-6-10-26-21)7-5-8-19(23)18-11-15(3)22(25)16(4)12-18/h5-6,9-12,14,19-20,23-25H,8,13H2,1-4H3/t7?,19-,20-/m1/s1. The van der Waals surface area contributed by atoms with Crippen LogP contribution in [0.3, 0.4) is 0 Å². The number of benzene rings is 1. The maximum atomic E-state index is 10.4. The lowest BCUT2D eigenvalue weighted by Gasteiger charge is -2.14. The third-order valence-electron chi connectivity index (χ3n) is 4.51. The third-order valence-corrected chi connectivity index (χ3v) is 5.48. The number of hydrogen-bond donors (Lipinski definition) is 3. The summed E-state index contributed by atoms with van der Waals surface area (Å²) in [4.78, 5) is 0.958. The normalized spacial score (nSPS) is 13.3. The van der Waals surface area contributed by atoms with Crippen molar-refractivity contribution in [1.29, 1.82) is 0 Å². The lowest BCUT2D eigenvalue weighted by atomic mass is 9.96. The summed E-state index contributed by atoms with van der Waals surface area (Å²) in [5.41, 5.74) is 6.64. The van der Waals surface area contributed by atoms with Crippen LogP contribution in [0.2, 0.25) is 0 Å². The molecular weight excluding hydrogens is 344 g/mol. The Bertz CT molecular complexity index is 761. The average Bonchev–Trinajstić information content (AvgIpc) is 3.12. The fourth-order valence-corrected chi connectivity index (χ4v) is 3.58. The van der Waals surface area contributed by atoms with Crippen molar-refractivity contribution in [3.63, 3.8) is 0 Å². The summed E-state index contributed by atoms with van der Waals surface area (Å²) in [6.07, 6.45) is 1.67. The van der Waals surface area contributed by atoms with Gasteiger partial charge in [0.05, 0.1) is 12.2 Å². The summed E-state index contributed by atoms with van der Waals surface area (Å²) in [5.74, 6) is 0.553. The number of aryl methyl sites for hydroxylation is 2. The zero-order valence-electron chi connectivity index (χ0n) is 15.9. The zero-order chi connectivity index (χ0) is 19.3. The molecule has 0 unspecified atom stereocenters. The first-order valence-electron chi connectivity index (χ1n) is 8.93. The van der Waals surface area contributed by atoms with E-state index in [1.54, 1.807) is 11.3 Å². The molecule has 0 saturated heterocycles. The predicted molar refractivity (Wildman–Crippen MR) is 107 cm³/mol. The van der Waals surface area contributed by atoms with Gasteiger partial charge in [-0.25, -0.2) is 0 Å². The highest BCUT2D eigenvalue weighted by molar-refractivity contribution is 7.10. The molecule has 0 aliphatic carbocycles. The zero-order valence-corrected chi connectivity index (χ0v) is 16.7. The van der Waals surface area contributed by atoms with Gasteiger partial charge in [-0.05, 0) is 71.7 Å². The van der Waals surface area contributed by atoms with Crippen molar-refractivity contribution in [3.8, 4) is 5.75 Å². The van der Waals surface area contributed by atoms with E-state index in [4.69, 9.17) is 0 Å². The Morgan fingerprint density at radius 3 is 2.35 bits per heavy atom. The van der Waals surface area contributed by atoms with Gasteiger partial charge in [-0.3, -0.25) is 0 Å². The van der Waals surface area contributed by atoms with Gasteiger partial charge in [0.15, 0.2) is 0 Å². The summed E-state index contributed by atoms with van der Waals surface area (Å²) in [6, 6.07) is 7.51. The minimum Gasteiger partial charge on any atom is -0.507 e. The molecule has 0 bridgehead atoms. The highest BCUT2D eigenvalue weighted by Gasteiger charge is 2.14. The first-order valence-corrected chi connectivity index (χ1v) is 9.81. The van der Waals surface area contributed by atoms with Crippen molar-refractivity contribution in [2.75, 3.05) is 0 Å². The summed E-state index contributed by atoms with van der Waals surface area (Å²) >= 11 is 1.55. The summed E-state index contributed by atoms with van der Waals surface area (Å²) in [6.45, 7) is 7.83. The quantitative estimate of drug-likeness (QED) is 0.574. The van der Waals surface area contributed by atoms with Crippen LogP contribution in [0.15, 0.2) is 47.0 Å². The fourth-order valence-electron chi connectivity index (χ4n) is 2.87. The first kappa shape index (κ1) is 20.5. The van der Waals surface area contributed by atoms with Crippen LogP contribution >= 0.6 is 11.3 Å². The maximum absolute atomic E-state index is 10.4. The van der Waals surface area contributed by atoms with Gasteiger partial charge < -0.3 is 15.3 Å². The van der Waals surface area contributed by atoms with Gasteiger partial charge in [-0.15, -0.1) is 17.1 Å². The molecule has 0 aliphatic heterocycles. The number of aromatic hydroxyl groups is 1. The topological polar surface area (TPSA) is 60.7 Å².